The highest BCUT2D eigenvalue weighted by atomic mass is 35.5. The number of anilines is 1. The molecule has 2 N–H and O–H groups in total. The molecule has 1 saturated carbocycles. The average molecular weight is 374 g/mol. The second kappa shape index (κ2) is 7.06. The summed E-state index contributed by atoms with van der Waals surface area (Å²) in [5, 5.41) is 10.4. The number of nitrogens with two attached hydrogens (primary N) is 1. The summed E-state index contributed by atoms with van der Waals surface area (Å²) >= 11 is 5.99. The minimum absolute atomic E-state index is 0.313. The molecule has 3 nitrogen and oxygen atoms in total. The molecule has 0 radical (unpaired) electrons. The molecule has 0 saturated heterocycles. The summed E-state index contributed by atoms with van der Waals surface area (Å²) in [6, 6.07) is 20.5. The van der Waals surface area contributed by atoms with Gasteiger partial charge >= 0.3 is 0 Å². The third kappa shape index (κ3) is 3.29. The van der Waals surface area contributed by atoms with Crippen LogP contribution in [0.1, 0.15) is 31.2 Å². The fraction of sp³-hybridized carbons (Fsp3) is 0.217. The van der Waals surface area contributed by atoms with Crippen molar-refractivity contribution in [3.63, 3.8) is 0 Å². The normalized spacial score (nSPS) is 15.4. The van der Waals surface area contributed by atoms with Crippen LogP contribution in [0.25, 0.3) is 22.3 Å². The molecule has 0 spiro atoms. The molecule has 0 unspecified atom stereocenters. The SMILES string of the molecule is N#CC1(c2ccc(-c3cnc(N)c(-c4ccc(Cl)cc4)c3)cc2)CCCC1. The molecule has 0 aliphatic heterocycles. The lowest BCUT2D eigenvalue weighted by molar-refractivity contribution is 0.573. The molecular formula is C23H20ClN3. The van der Waals surface area contributed by atoms with Gasteiger partial charge in [-0.15, -0.1) is 0 Å². The summed E-state index contributed by atoms with van der Waals surface area (Å²) in [7, 11) is 0. The molecule has 0 bridgehead atoms. The van der Waals surface area contributed by atoms with E-state index in [1.54, 1.807) is 6.20 Å². The van der Waals surface area contributed by atoms with E-state index in [0.717, 1.165) is 53.5 Å². The first-order valence-electron chi connectivity index (χ1n) is 9.15. The van der Waals surface area contributed by atoms with Crippen molar-refractivity contribution >= 4 is 17.4 Å². The van der Waals surface area contributed by atoms with Crippen molar-refractivity contribution in [1.82, 2.24) is 4.98 Å². The van der Waals surface area contributed by atoms with Gasteiger partial charge in [0, 0.05) is 22.3 Å². The summed E-state index contributed by atoms with van der Waals surface area (Å²) in [4.78, 5) is 4.38. The van der Waals surface area contributed by atoms with E-state index in [4.69, 9.17) is 17.3 Å². The van der Waals surface area contributed by atoms with E-state index in [1.165, 1.54) is 0 Å². The van der Waals surface area contributed by atoms with E-state index < -0.39 is 0 Å². The van der Waals surface area contributed by atoms with Crippen LogP contribution in [0.4, 0.5) is 5.82 Å². The Balaban J connectivity index is 1.69. The smallest absolute Gasteiger partial charge is 0.131 e. The Morgan fingerprint density at radius 1 is 0.926 bits per heavy atom. The standard InChI is InChI=1S/C23H20ClN3/c24-20-9-5-17(6-10-20)21-13-18(14-27-22(21)26)16-3-7-19(8-4-16)23(15-25)11-1-2-12-23/h3-10,13-14H,1-2,11-12H2,(H2,26,27). The zero-order valence-corrected chi connectivity index (χ0v) is 15.7. The van der Waals surface area contributed by atoms with Crippen molar-refractivity contribution in [2.45, 2.75) is 31.1 Å². The zero-order chi connectivity index (χ0) is 18.9. The number of rotatable bonds is 3. The van der Waals surface area contributed by atoms with Crippen LogP contribution in [0.15, 0.2) is 60.8 Å². The minimum atomic E-state index is -0.313. The fourth-order valence-corrected chi connectivity index (χ4v) is 4.05. The Morgan fingerprint density at radius 2 is 1.56 bits per heavy atom. The monoisotopic (exact) mass is 373 g/mol. The maximum absolute atomic E-state index is 9.69. The lowest BCUT2D eigenvalue weighted by Gasteiger charge is -2.21. The Morgan fingerprint density at radius 3 is 2.19 bits per heavy atom. The molecule has 1 aliphatic carbocycles. The Labute approximate surface area is 164 Å². The Hall–Kier alpha value is -2.83. The highest BCUT2D eigenvalue weighted by molar-refractivity contribution is 6.30. The van der Waals surface area contributed by atoms with Crippen molar-refractivity contribution in [3.8, 4) is 28.3 Å². The van der Waals surface area contributed by atoms with Crippen LogP contribution in [0.2, 0.25) is 5.02 Å². The number of aromatic nitrogens is 1. The number of nitriles is 1. The summed E-state index contributed by atoms with van der Waals surface area (Å²) < 4.78 is 0. The number of nitrogen functional groups attached to an aromatic ring is 1. The van der Waals surface area contributed by atoms with Crippen LogP contribution in [0.5, 0.6) is 0 Å². The van der Waals surface area contributed by atoms with Crippen molar-refractivity contribution in [2.24, 2.45) is 0 Å². The van der Waals surface area contributed by atoms with Gasteiger partial charge in [0.05, 0.1) is 11.5 Å². The quantitative estimate of drug-likeness (QED) is 0.613. The van der Waals surface area contributed by atoms with Crippen LogP contribution in [-0.2, 0) is 5.41 Å². The second-order valence-electron chi connectivity index (χ2n) is 7.14. The van der Waals surface area contributed by atoms with Crippen molar-refractivity contribution in [2.75, 3.05) is 5.73 Å². The molecule has 2 aromatic carbocycles. The molecule has 27 heavy (non-hydrogen) atoms. The molecule has 0 atom stereocenters. The molecule has 1 aliphatic rings. The van der Waals surface area contributed by atoms with Crippen LogP contribution in [0, 0.1) is 11.3 Å². The predicted molar refractivity (Wildman–Crippen MR) is 110 cm³/mol. The van der Waals surface area contributed by atoms with E-state index >= 15 is 0 Å². The van der Waals surface area contributed by atoms with Gasteiger partial charge in [-0.2, -0.15) is 5.26 Å². The lowest BCUT2D eigenvalue weighted by atomic mass is 9.80. The fourth-order valence-electron chi connectivity index (χ4n) is 3.92. The first-order valence-corrected chi connectivity index (χ1v) is 9.53. The first-order chi connectivity index (χ1) is 13.1. The largest absolute Gasteiger partial charge is 0.383 e. The molecule has 4 heteroatoms. The molecule has 1 heterocycles. The molecule has 4 rings (SSSR count). The highest BCUT2D eigenvalue weighted by Crippen LogP contribution is 2.41. The molecule has 1 aromatic heterocycles. The summed E-state index contributed by atoms with van der Waals surface area (Å²) in [5.74, 6) is 0.493. The van der Waals surface area contributed by atoms with Gasteiger partial charge in [-0.05, 0) is 47.7 Å². The van der Waals surface area contributed by atoms with Gasteiger partial charge in [0.1, 0.15) is 5.82 Å². The van der Waals surface area contributed by atoms with Gasteiger partial charge in [0.25, 0.3) is 0 Å². The first kappa shape index (κ1) is 17.6. The molecular weight excluding hydrogens is 354 g/mol. The van der Waals surface area contributed by atoms with Crippen LogP contribution < -0.4 is 5.73 Å². The molecule has 1 fully saturated rings. The zero-order valence-electron chi connectivity index (χ0n) is 15.0. The van der Waals surface area contributed by atoms with E-state index in [9.17, 15) is 5.26 Å². The third-order valence-corrected chi connectivity index (χ3v) is 5.77. The van der Waals surface area contributed by atoms with Crippen LogP contribution in [-0.4, -0.2) is 4.98 Å². The maximum atomic E-state index is 9.69. The van der Waals surface area contributed by atoms with Gasteiger partial charge in [-0.3, -0.25) is 0 Å². The van der Waals surface area contributed by atoms with E-state index in [-0.39, 0.29) is 5.41 Å². The number of halogens is 1. The van der Waals surface area contributed by atoms with E-state index in [1.807, 2.05) is 24.3 Å². The van der Waals surface area contributed by atoms with Gasteiger partial charge in [-0.25, -0.2) is 4.98 Å². The number of hydrogen-bond donors (Lipinski definition) is 1. The third-order valence-electron chi connectivity index (χ3n) is 5.52. The molecule has 3 aromatic rings. The van der Waals surface area contributed by atoms with E-state index in [0.29, 0.717) is 10.8 Å². The number of pyridine rings is 1. The average Bonchev–Trinajstić information content (AvgIpc) is 3.20. The summed E-state index contributed by atoms with van der Waals surface area (Å²) in [5.41, 5.74) is 10.8. The Kier molecular flexibility index (Phi) is 4.59. The second-order valence-corrected chi connectivity index (χ2v) is 7.58. The Bertz CT molecular complexity index is 995. The lowest BCUT2D eigenvalue weighted by Crippen LogP contribution is -2.18. The van der Waals surface area contributed by atoms with Gasteiger partial charge in [0.15, 0.2) is 0 Å². The summed E-state index contributed by atoms with van der Waals surface area (Å²) in [6.45, 7) is 0. The van der Waals surface area contributed by atoms with Crippen molar-refractivity contribution in [1.29, 1.82) is 5.26 Å². The van der Waals surface area contributed by atoms with Crippen molar-refractivity contribution in [3.05, 3.63) is 71.4 Å². The predicted octanol–water partition coefficient (Wildman–Crippen LogP) is 5.99. The van der Waals surface area contributed by atoms with E-state index in [2.05, 4.69) is 41.4 Å². The van der Waals surface area contributed by atoms with Crippen LogP contribution >= 0.6 is 11.6 Å². The van der Waals surface area contributed by atoms with Gasteiger partial charge < -0.3 is 5.73 Å². The number of hydrogen-bond acceptors (Lipinski definition) is 3. The molecule has 134 valence electrons. The minimum Gasteiger partial charge on any atom is -0.383 e. The number of nitrogens with zero attached hydrogens (tertiary/aromatic N) is 2. The van der Waals surface area contributed by atoms with Crippen LogP contribution in [0.3, 0.4) is 0 Å². The molecule has 0 amide bonds. The highest BCUT2D eigenvalue weighted by Gasteiger charge is 2.35. The topological polar surface area (TPSA) is 62.7 Å². The summed E-state index contributed by atoms with van der Waals surface area (Å²) in [6.07, 6.45) is 5.95. The van der Waals surface area contributed by atoms with Gasteiger partial charge in [-0.1, -0.05) is 60.8 Å². The maximum Gasteiger partial charge on any atom is 0.131 e. The van der Waals surface area contributed by atoms with Crippen molar-refractivity contribution < 1.29 is 0 Å². The number of benzene rings is 2. The van der Waals surface area contributed by atoms with Gasteiger partial charge in [0.2, 0.25) is 0 Å².